The van der Waals surface area contributed by atoms with Crippen LogP contribution in [0.25, 0.3) is 10.9 Å². The van der Waals surface area contributed by atoms with Gasteiger partial charge in [0.2, 0.25) is 0 Å². The molecule has 0 amide bonds. The minimum atomic E-state index is 0.00158. The molecule has 17 heavy (non-hydrogen) atoms. The standard InChI is InChI=1S/C14H18N2O/c1-4-15-8-12-7-11-5-9(2)10(3)6-13(11)16-14(12)17/h5-7,15H,4,8H2,1-3H3,(H,16,17). The molecule has 0 bridgehead atoms. The van der Waals surface area contributed by atoms with Gasteiger partial charge in [-0.2, -0.15) is 0 Å². The first-order valence-electron chi connectivity index (χ1n) is 5.95. The number of rotatable bonds is 3. The second-order valence-electron chi connectivity index (χ2n) is 4.43. The van der Waals surface area contributed by atoms with E-state index < -0.39 is 0 Å². The zero-order valence-corrected chi connectivity index (χ0v) is 10.6. The van der Waals surface area contributed by atoms with Crippen LogP contribution in [0.3, 0.4) is 0 Å². The first-order valence-corrected chi connectivity index (χ1v) is 5.95. The highest BCUT2D eigenvalue weighted by Gasteiger charge is 2.04. The summed E-state index contributed by atoms with van der Waals surface area (Å²) in [6.07, 6.45) is 0. The lowest BCUT2D eigenvalue weighted by molar-refractivity contribution is 0.721. The Bertz CT molecular complexity index is 599. The lowest BCUT2D eigenvalue weighted by Gasteiger charge is -2.06. The van der Waals surface area contributed by atoms with Crippen molar-refractivity contribution >= 4 is 10.9 Å². The molecule has 3 heteroatoms. The Morgan fingerprint density at radius 3 is 2.59 bits per heavy atom. The van der Waals surface area contributed by atoms with E-state index in [0.29, 0.717) is 6.54 Å². The SMILES string of the molecule is CCNCc1cc2cc(C)c(C)cc2[nH]c1=O. The molecule has 0 unspecified atom stereocenters. The Hall–Kier alpha value is -1.61. The van der Waals surface area contributed by atoms with E-state index in [2.05, 4.69) is 30.2 Å². The molecule has 0 saturated carbocycles. The quantitative estimate of drug-likeness (QED) is 0.849. The number of aromatic nitrogens is 1. The second kappa shape index (κ2) is 4.72. The van der Waals surface area contributed by atoms with Crippen LogP contribution in [0, 0.1) is 13.8 Å². The highest BCUT2D eigenvalue weighted by Crippen LogP contribution is 2.17. The minimum Gasteiger partial charge on any atom is -0.322 e. The van der Waals surface area contributed by atoms with Gasteiger partial charge in [-0.25, -0.2) is 0 Å². The Balaban J connectivity index is 2.55. The summed E-state index contributed by atoms with van der Waals surface area (Å²) in [5.74, 6) is 0. The zero-order valence-electron chi connectivity index (χ0n) is 10.6. The fraction of sp³-hybridized carbons (Fsp3) is 0.357. The van der Waals surface area contributed by atoms with Gasteiger partial charge in [-0.15, -0.1) is 0 Å². The van der Waals surface area contributed by atoms with Crippen molar-refractivity contribution in [1.29, 1.82) is 0 Å². The van der Waals surface area contributed by atoms with Crippen LogP contribution in [0.4, 0.5) is 0 Å². The zero-order chi connectivity index (χ0) is 12.4. The Kier molecular flexibility index (Phi) is 3.29. The molecule has 3 nitrogen and oxygen atoms in total. The maximum atomic E-state index is 11.8. The van der Waals surface area contributed by atoms with Gasteiger partial charge in [-0.3, -0.25) is 4.79 Å². The van der Waals surface area contributed by atoms with E-state index in [1.165, 1.54) is 11.1 Å². The number of pyridine rings is 1. The number of aryl methyl sites for hydroxylation is 2. The lowest BCUT2D eigenvalue weighted by Crippen LogP contribution is -2.20. The second-order valence-corrected chi connectivity index (χ2v) is 4.43. The molecule has 90 valence electrons. The maximum Gasteiger partial charge on any atom is 0.252 e. The van der Waals surface area contributed by atoms with Crippen LogP contribution in [0.2, 0.25) is 0 Å². The highest BCUT2D eigenvalue weighted by atomic mass is 16.1. The molecule has 1 aromatic heterocycles. The average Bonchev–Trinajstić information content (AvgIpc) is 2.29. The molecule has 0 spiro atoms. The van der Waals surface area contributed by atoms with E-state index in [-0.39, 0.29) is 5.56 Å². The van der Waals surface area contributed by atoms with Crippen molar-refractivity contribution in [2.45, 2.75) is 27.3 Å². The predicted octanol–water partition coefficient (Wildman–Crippen LogP) is 2.25. The van der Waals surface area contributed by atoms with Crippen LogP contribution in [0.1, 0.15) is 23.6 Å². The molecule has 2 rings (SSSR count). The van der Waals surface area contributed by atoms with E-state index in [9.17, 15) is 4.79 Å². The Morgan fingerprint density at radius 1 is 1.18 bits per heavy atom. The fourth-order valence-electron chi connectivity index (χ4n) is 1.91. The summed E-state index contributed by atoms with van der Waals surface area (Å²) in [4.78, 5) is 14.8. The number of aromatic amines is 1. The van der Waals surface area contributed by atoms with E-state index in [1.807, 2.05) is 19.1 Å². The molecule has 2 N–H and O–H groups in total. The molecule has 0 aliphatic carbocycles. The van der Waals surface area contributed by atoms with E-state index in [0.717, 1.165) is 23.0 Å². The smallest absolute Gasteiger partial charge is 0.252 e. The summed E-state index contributed by atoms with van der Waals surface area (Å²) >= 11 is 0. The number of H-pyrrole nitrogens is 1. The molecular weight excluding hydrogens is 212 g/mol. The summed E-state index contributed by atoms with van der Waals surface area (Å²) < 4.78 is 0. The van der Waals surface area contributed by atoms with Crippen molar-refractivity contribution in [2.75, 3.05) is 6.54 Å². The summed E-state index contributed by atoms with van der Waals surface area (Å²) in [7, 11) is 0. The van der Waals surface area contributed by atoms with Gasteiger partial charge in [0.1, 0.15) is 0 Å². The third-order valence-corrected chi connectivity index (χ3v) is 3.10. The molecule has 1 aromatic carbocycles. The number of hydrogen-bond acceptors (Lipinski definition) is 2. The van der Waals surface area contributed by atoms with Gasteiger partial charge in [0.15, 0.2) is 0 Å². The van der Waals surface area contributed by atoms with Gasteiger partial charge in [0.05, 0.1) is 0 Å². The lowest BCUT2D eigenvalue weighted by atomic mass is 10.1. The maximum absolute atomic E-state index is 11.8. The van der Waals surface area contributed by atoms with Crippen LogP contribution < -0.4 is 10.9 Å². The molecule has 0 aliphatic heterocycles. The van der Waals surface area contributed by atoms with Crippen molar-refractivity contribution in [3.05, 3.63) is 45.2 Å². The van der Waals surface area contributed by atoms with Crippen LogP contribution in [0.15, 0.2) is 23.0 Å². The molecular formula is C14H18N2O. The van der Waals surface area contributed by atoms with Crippen molar-refractivity contribution in [1.82, 2.24) is 10.3 Å². The largest absolute Gasteiger partial charge is 0.322 e. The van der Waals surface area contributed by atoms with E-state index >= 15 is 0 Å². The van der Waals surface area contributed by atoms with Gasteiger partial charge >= 0.3 is 0 Å². The molecule has 2 aromatic rings. The summed E-state index contributed by atoms with van der Waals surface area (Å²) in [6.45, 7) is 7.66. The van der Waals surface area contributed by atoms with Crippen LogP contribution in [-0.4, -0.2) is 11.5 Å². The monoisotopic (exact) mass is 230 g/mol. The first kappa shape index (κ1) is 11.9. The van der Waals surface area contributed by atoms with Gasteiger partial charge in [-0.05, 0) is 55.1 Å². The van der Waals surface area contributed by atoms with Crippen molar-refractivity contribution in [3.63, 3.8) is 0 Å². The third-order valence-electron chi connectivity index (χ3n) is 3.10. The number of benzene rings is 1. The van der Waals surface area contributed by atoms with Crippen LogP contribution >= 0.6 is 0 Å². The van der Waals surface area contributed by atoms with E-state index in [4.69, 9.17) is 0 Å². The van der Waals surface area contributed by atoms with Crippen LogP contribution in [0.5, 0.6) is 0 Å². The Morgan fingerprint density at radius 2 is 1.88 bits per heavy atom. The molecule has 1 heterocycles. The molecule has 0 aliphatic rings. The minimum absolute atomic E-state index is 0.00158. The number of nitrogens with one attached hydrogen (secondary N) is 2. The van der Waals surface area contributed by atoms with Gasteiger partial charge in [0.25, 0.3) is 5.56 Å². The fourth-order valence-corrected chi connectivity index (χ4v) is 1.91. The summed E-state index contributed by atoms with van der Waals surface area (Å²) in [5, 5.41) is 4.27. The number of hydrogen-bond donors (Lipinski definition) is 2. The molecule has 0 radical (unpaired) electrons. The average molecular weight is 230 g/mol. The molecule has 0 atom stereocenters. The third kappa shape index (κ3) is 2.39. The van der Waals surface area contributed by atoms with Gasteiger partial charge in [0, 0.05) is 17.6 Å². The van der Waals surface area contributed by atoms with Crippen LogP contribution in [-0.2, 0) is 6.54 Å². The number of fused-ring (bicyclic) bond motifs is 1. The van der Waals surface area contributed by atoms with Gasteiger partial charge < -0.3 is 10.3 Å². The first-order chi connectivity index (χ1) is 8.11. The van der Waals surface area contributed by atoms with Crippen molar-refractivity contribution < 1.29 is 0 Å². The van der Waals surface area contributed by atoms with Gasteiger partial charge in [-0.1, -0.05) is 6.92 Å². The van der Waals surface area contributed by atoms with Crippen molar-refractivity contribution in [2.24, 2.45) is 0 Å². The van der Waals surface area contributed by atoms with E-state index in [1.54, 1.807) is 0 Å². The predicted molar refractivity (Wildman–Crippen MR) is 71.4 cm³/mol. The molecule has 0 fully saturated rings. The highest BCUT2D eigenvalue weighted by molar-refractivity contribution is 5.80. The molecule has 0 saturated heterocycles. The summed E-state index contributed by atoms with van der Waals surface area (Å²) in [5.41, 5.74) is 4.16. The Labute approximate surface area is 101 Å². The normalized spacial score (nSPS) is 11.0. The van der Waals surface area contributed by atoms with Crippen molar-refractivity contribution in [3.8, 4) is 0 Å². The summed E-state index contributed by atoms with van der Waals surface area (Å²) in [6, 6.07) is 6.13. The topological polar surface area (TPSA) is 44.9 Å².